The van der Waals surface area contributed by atoms with Gasteiger partial charge in [0.1, 0.15) is 0 Å². The van der Waals surface area contributed by atoms with Crippen LogP contribution in [-0.4, -0.2) is 22.7 Å². The van der Waals surface area contributed by atoms with Crippen LogP contribution in [0.3, 0.4) is 0 Å². The number of H-pyrrole nitrogens is 1. The van der Waals surface area contributed by atoms with E-state index in [1.165, 1.54) is 33.3 Å². The van der Waals surface area contributed by atoms with Crippen molar-refractivity contribution in [1.82, 2.24) is 9.88 Å². The van der Waals surface area contributed by atoms with Gasteiger partial charge in [-0.25, -0.2) is 0 Å². The van der Waals surface area contributed by atoms with Gasteiger partial charge >= 0.3 is 0 Å². The highest BCUT2D eigenvalue weighted by molar-refractivity contribution is 5.85. The van der Waals surface area contributed by atoms with Crippen LogP contribution in [0.5, 0.6) is 11.5 Å². The first-order valence-corrected chi connectivity index (χ1v) is 9.04. The molecule has 1 N–H and O–H groups in total. The van der Waals surface area contributed by atoms with E-state index < -0.39 is 0 Å². The molecule has 4 nitrogen and oxygen atoms in total. The normalized spacial score (nSPS) is 24.0. The van der Waals surface area contributed by atoms with E-state index in [0.717, 1.165) is 30.9 Å². The number of fused-ring (bicyclic) bond motifs is 7. The Bertz CT molecular complexity index is 1010. The average molecular weight is 332 g/mol. The number of hydrogen-bond acceptors (Lipinski definition) is 3. The number of nitrogens with zero attached hydrogens (tertiary/aromatic N) is 1. The number of hydrogen-bond donors (Lipinski definition) is 1. The predicted octanol–water partition coefficient (Wildman–Crippen LogP) is 3.94. The average Bonchev–Trinajstić information content (AvgIpc) is 3.22. The van der Waals surface area contributed by atoms with Gasteiger partial charge in [-0.3, -0.25) is 4.90 Å². The molecule has 4 heteroatoms. The van der Waals surface area contributed by atoms with Gasteiger partial charge in [0.15, 0.2) is 11.5 Å². The fraction of sp³-hybridized carbons (Fsp3) is 0.333. The second-order valence-corrected chi connectivity index (χ2v) is 7.48. The molecule has 0 aliphatic carbocycles. The summed E-state index contributed by atoms with van der Waals surface area (Å²) in [6.07, 6.45) is 2.12. The van der Waals surface area contributed by atoms with Crippen molar-refractivity contribution < 1.29 is 9.47 Å². The van der Waals surface area contributed by atoms with E-state index in [1.807, 2.05) is 0 Å². The molecule has 2 atom stereocenters. The minimum Gasteiger partial charge on any atom is -0.454 e. The third kappa shape index (κ3) is 1.86. The summed E-state index contributed by atoms with van der Waals surface area (Å²) in [5, 5.41) is 1.37. The van der Waals surface area contributed by atoms with Crippen molar-refractivity contribution in [1.29, 1.82) is 0 Å². The SMILES string of the molecule is CC1Cc2cc3c(cc2[C@@H]2Cc4c([nH]c5ccccc45)CN12)OCO3. The molecule has 3 aliphatic heterocycles. The van der Waals surface area contributed by atoms with Gasteiger partial charge in [-0.15, -0.1) is 0 Å². The second kappa shape index (κ2) is 4.79. The third-order valence-electron chi connectivity index (χ3n) is 6.12. The van der Waals surface area contributed by atoms with Crippen LogP contribution in [0.25, 0.3) is 10.9 Å². The maximum Gasteiger partial charge on any atom is 0.231 e. The smallest absolute Gasteiger partial charge is 0.231 e. The highest BCUT2D eigenvalue weighted by atomic mass is 16.7. The summed E-state index contributed by atoms with van der Waals surface area (Å²) in [5.74, 6) is 1.81. The first kappa shape index (κ1) is 13.8. The zero-order valence-electron chi connectivity index (χ0n) is 14.2. The molecule has 25 heavy (non-hydrogen) atoms. The molecule has 3 aromatic rings. The summed E-state index contributed by atoms with van der Waals surface area (Å²) >= 11 is 0. The van der Waals surface area contributed by atoms with Crippen LogP contribution in [0.1, 0.15) is 35.3 Å². The Balaban J connectivity index is 1.51. The summed E-state index contributed by atoms with van der Waals surface area (Å²) in [4.78, 5) is 6.29. The number of rotatable bonds is 0. The van der Waals surface area contributed by atoms with Gasteiger partial charge in [-0.2, -0.15) is 0 Å². The summed E-state index contributed by atoms with van der Waals surface area (Å²) < 4.78 is 11.2. The number of aromatic nitrogens is 1. The summed E-state index contributed by atoms with van der Waals surface area (Å²) in [6, 6.07) is 14.0. The van der Waals surface area contributed by atoms with E-state index in [0.29, 0.717) is 18.9 Å². The molecule has 0 spiro atoms. The number of para-hydroxylation sites is 1. The van der Waals surface area contributed by atoms with Gasteiger partial charge in [-0.05, 0) is 54.7 Å². The van der Waals surface area contributed by atoms with Crippen molar-refractivity contribution in [3.8, 4) is 11.5 Å². The van der Waals surface area contributed by atoms with Crippen LogP contribution in [0.15, 0.2) is 36.4 Å². The largest absolute Gasteiger partial charge is 0.454 e. The lowest BCUT2D eigenvalue weighted by Gasteiger charge is -2.44. The van der Waals surface area contributed by atoms with Gasteiger partial charge in [0.25, 0.3) is 0 Å². The van der Waals surface area contributed by atoms with Crippen LogP contribution in [0.4, 0.5) is 0 Å². The number of aromatic amines is 1. The summed E-state index contributed by atoms with van der Waals surface area (Å²) in [6.45, 7) is 3.67. The van der Waals surface area contributed by atoms with E-state index >= 15 is 0 Å². The Morgan fingerprint density at radius 1 is 1.08 bits per heavy atom. The zero-order valence-corrected chi connectivity index (χ0v) is 14.2. The minimum atomic E-state index is 0.342. The van der Waals surface area contributed by atoms with Gasteiger partial charge in [0, 0.05) is 35.2 Å². The van der Waals surface area contributed by atoms with Crippen LogP contribution >= 0.6 is 0 Å². The summed E-state index contributed by atoms with van der Waals surface area (Å²) in [5.41, 5.74) is 6.95. The van der Waals surface area contributed by atoms with Crippen molar-refractivity contribution in [3.05, 3.63) is 58.8 Å². The first-order chi connectivity index (χ1) is 12.3. The monoisotopic (exact) mass is 332 g/mol. The van der Waals surface area contributed by atoms with Crippen LogP contribution in [0, 0.1) is 0 Å². The molecular formula is C21H20N2O2. The molecule has 0 radical (unpaired) electrons. The molecule has 4 heterocycles. The Kier molecular flexibility index (Phi) is 2.64. The number of ether oxygens (including phenoxy) is 2. The van der Waals surface area contributed by atoms with Gasteiger partial charge in [0.2, 0.25) is 6.79 Å². The lowest BCUT2D eigenvalue weighted by atomic mass is 9.82. The molecule has 0 bridgehead atoms. The van der Waals surface area contributed by atoms with E-state index in [4.69, 9.17) is 9.47 Å². The minimum absolute atomic E-state index is 0.342. The molecule has 3 aliphatic rings. The van der Waals surface area contributed by atoms with Crippen LogP contribution in [0.2, 0.25) is 0 Å². The Morgan fingerprint density at radius 2 is 1.92 bits per heavy atom. The number of nitrogens with one attached hydrogen (secondary N) is 1. The van der Waals surface area contributed by atoms with Crippen LogP contribution < -0.4 is 9.47 Å². The maximum atomic E-state index is 5.65. The molecule has 1 unspecified atom stereocenters. The Morgan fingerprint density at radius 3 is 2.84 bits per heavy atom. The predicted molar refractivity (Wildman–Crippen MR) is 96.0 cm³/mol. The maximum absolute atomic E-state index is 5.65. The lowest BCUT2D eigenvalue weighted by Crippen LogP contribution is -2.44. The molecule has 0 saturated carbocycles. The summed E-state index contributed by atoms with van der Waals surface area (Å²) in [7, 11) is 0. The second-order valence-electron chi connectivity index (χ2n) is 7.48. The third-order valence-corrected chi connectivity index (χ3v) is 6.12. The first-order valence-electron chi connectivity index (χ1n) is 9.04. The van der Waals surface area contributed by atoms with Crippen molar-refractivity contribution in [2.24, 2.45) is 0 Å². The van der Waals surface area contributed by atoms with Crippen molar-refractivity contribution in [3.63, 3.8) is 0 Å². The van der Waals surface area contributed by atoms with Gasteiger partial charge in [-0.1, -0.05) is 18.2 Å². The fourth-order valence-corrected chi connectivity index (χ4v) is 4.90. The lowest BCUT2D eigenvalue weighted by molar-refractivity contribution is 0.105. The Labute approximate surface area is 146 Å². The quantitative estimate of drug-likeness (QED) is 0.677. The standard InChI is InChI=1S/C21H20N2O2/c1-12-6-13-7-20-21(25-11-24-20)9-15(13)19-8-16-14-4-2-3-5-17(14)22-18(16)10-23(12)19/h2-5,7,9,12,19,22H,6,8,10-11H2,1H3/t12?,19-/m0/s1. The molecular weight excluding hydrogens is 312 g/mol. The molecule has 126 valence electrons. The van der Waals surface area contributed by atoms with Gasteiger partial charge in [0.05, 0.1) is 0 Å². The highest BCUT2D eigenvalue weighted by Crippen LogP contribution is 2.46. The number of benzene rings is 2. The molecule has 1 aromatic heterocycles. The van der Waals surface area contributed by atoms with E-state index in [2.05, 4.69) is 53.2 Å². The zero-order chi connectivity index (χ0) is 16.5. The van der Waals surface area contributed by atoms with Crippen molar-refractivity contribution in [2.75, 3.05) is 6.79 Å². The van der Waals surface area contributed by atoms with E-state index in [-0.39, 0.29) is 0 Å². The fourth-order valence-electron chi connectivity index (χ4n) is 4.90. The van der Waals surface area contributed by atoms with Crippen LogP contribution in [-0.2, 0) is 19.4 Å². The molecule has 2 aromatic carbocycles. The van der Waals surface area contributed by atoms with Crippen molar-refractivity contribution in [2.45, 2.75) is 38.4 Å². The van der Waals surface area contributed by atoms with E-state index in [1.54, 1.807) is 0 Å². The molecule has 0 amide bonds. The topological polar surface area (TPSA) is 37.5 Å². The van der Waals surface area contributed by atoms with Gasteiger partial charge < -0.3 is 14.5 Å². The Hall–Kier alpha value is -2.46. The molecule has 0 fully saturated rings. The molecule has 0 saturated heterocycles. The van der Waals surface area contributed by atoms with Crippen molar-refractivity contribution >= 4 is 10.9 Å². The van der Waals surface area contributed by atoms with E-state index in [9.17, 15) is 0 Å². The highest BCUT2D eigenvalue weighted by Gasteiger charge is 2.38. The molecule has 6 rings (SSSR count).